The third-order valence-corrected chi connectivity index (χ3v) is 4.09. The quantitative estimate of drug-likeness (QED) is 0.895. The highest BCUT2D eigenvalue weighted by Gasteiger charge is 2.45. The molecular formula is C15H21N3O. The summed E-state index contributed by atoms with van der Waals surface area (Å²) in [7, 11) is 4.05. The molecule has 1 saturated heterocycles. The number of nitrogens with two attached hydrogens (primary N) is 1. The van der Waals surface area contributed by atoms with Crippen molar-refractivity contribution in [1.29, 1.82) is 0 Å². The lowest BCUT2D eigenvalue weighted by molar-refractivity contribution is -0.129. The molecule has 2 unspecified atom stereocenters. The van der Waals surface area contributed by atoms with E-state index in [1.807, 2.05) is 19.0 Å². The zero-order valence-corrected chi connectivity index (χ0v) is 11.5. The Hall–Kier alpha value is -1.55. The zero-order valence-electron chi connectivity index (χ0n) is 11.5. The molecule has 0 spiro atoms. The van der Waals surface area contributed by atoms with Gasteiger partial charge in [0.2, 0.25) is 5.91 Å². The Labute approximate surface area is 114 Å². The summed E-state index contributed by atoms with van der Waals surface area (Å²) in [5, 5.41) is 0. The van der Waals surface area contributed by atoms with Crippen LogP contribution in [0.2, 0.25) is 0 Å². The van der Waals surface area contributed by atoms with Crippen molar-refractivity contribution in [3.8, 4) is 0 Å². The van der Waals surface area contributed by atoms with E-state index in [2.05, 4.69) is 29.2 Å². The molecule has 0 aromatic heterocycles. The molecule has 2 atom stereocenters. The molecular weight excluding hydrogens is 238 g/mol. The van der Waals surface area contributed by atoms with Crippen LogP contribution in [-0.2, 0) is 4.79 Å². The van der Waals surface area contributed by atoms with Gasteiger partial charge in [-0.15, -0.1) is 0 Å². The van der Waals surface area contributed by atoms with Gasteiger partial charge in [-0.05, 0) is 30.5 Å². The van der Waals surface area contributed by atoms with Gasteiger partial charge >= 0.3 is 0 Å². The van der Waals surface area contributed by atoms with Gasteiger partial charge in [0.25, 0.3) is 0 Å². The molecule has 3 rings (SSSR count). The first-order chi connectivity index (χ1) is 9.08. The Morgan fingerprint density at radius 3 is 2.37 bits per heavy atom. The molecule has 102 valence electrons. The van der Waals surface area contributed by atoms with Gasteiger partial charge in [-0.25, -0.2) is 0 Å². The second kappa shape index (κ2) is 4.53. The summed E-state index contributed by atoms with van der Waals surface area (Å²) in [5.74, 6) is 0.219. The van der Waals surface area contributed by atoms with E-state index in [1.165, 1.54) is 5.69 Å². The van der Waals surface area contributed by atoms with Crippen LogP contribution in [0.4, 0.5) is 5.69 Å². The summed E-state index contributed by atoms with van der Waals surface area (Å²) in [6.07, 6.45) is 2.74. The molecule has 0 bridgehead atoms. The summed E-state index contributed by atoms with van der Waals surface area (Å²) in [6.45, 7) is 0. The lowest BCUT2D eigenvalue weighted by Gasteiger charge is -2.27. The molecule has 2 aliphatic rings. The summed E-state index contributed by atoms with van der Waals surface area (Å²) in [4.78, 5) is 16.2. The molecule has 19 heavy (non-hydrogen) atoms. The summed E-state index contributed by atoms with van der Waals surface area (Å²) in [6, 6.07) is 8.82. The van der Waals surface area contributed by atoms with E-state index in [1.54, 1.807) is 0 Å². The van der Waals surface area contributed by atoms with Crippen LogP contribution in [0.1, 0.15) is 30.9 Å². The highest BCUT2D eigenvalue weighted by Crippen LogP contribution is 2.41. The first kappa shape index (κ1) is 12.5. The summed E-state index contributed by atoms with van der Waals surface area (Å²) in [5.41, 5.74) is 8.51. The second-order valence-corrected chi connectivity index (χ2v) is 5.83. The van der Waals surface area contributed by atoms with Gasteiger partial charge in [-0.2, -0.15) is 0 Å². The van der Waals surface area contributed by atoms with E-state index < -0.39 is 0 Å². The van der Waals surface area contributed by atoms with Gasteiger partial charge in [-0.1, -0.05) is 12.1 Å². The third-order valence-electron chi connectivity index (χ3n) is 4.09. The van der Waals surface area contributed by atoms with Crippen LogP contribution in [-0.4, -0.2) is 37.0 Å². The number of rotatable bonds is 3. The normalized spacial score (nSPS) is 26.9. The molecule has 1 heterocycles. The minimum atomic E-state index is -0.0710. The van der Waals surface area contributed by atoms with Crippen LogP contribution in [0.3, 0.4) is 0 Å². The van der Waals surface area contributed by atoms with Crippen molar-refractivity contribution in [2.45, 2.75) is 37.4 Å². The number of benzene rings is 1. The fourth-order valence-corrected chi connectivity index (χ4v) is 2.94. The lowest BCUT2D eigenvalue weighted by Crippen LogP contribution is -2.34. The molecule has 1 aliphatic heterocycles. The number of carbonyl (C=O) groups is 1. The van der Waals surface area contributed by atoms with Gasteiger partial charge in [0.05, 0.1) is 6.04 Å². The standard InChI is InChI=1S/C15H21N3O/c1-17(2)11-5-3-10(4-6-11)15-13(16)9-14(19)18(15)12-7-8-12/h3-6,12-13,15H,7-9,16H2,1-2H3. The predicted molar refractivity (Wildman–Crippen MR) is 76.0 cm³/mol. The monoisotopic (exact) mass is 259 g/mol. The van der Waals surface area contributed by atoms with Crippen LogP contribution in [0.5, 0.6) is 0 Å². The number of amides is 1. The second-order valence-electron chi connectivity index (χ2n) is 5.83. The molecule has 0 radical (unpaired) electrons. The van der Waals surface area contributed by atoms with E-state index in [9.17, 15) is 4.79 Å². The Balaban J connectivity index is 1.88. The number of likely N-dealkylation sites (tertiary alicyclic amines) is 1. The maximum absolute atomic E-state index is 12.1. The topological polar surface area (TPSA) is 49.6 Å². The average molecular weight is 259 g/mol. The highest BCUT2D eigenvalue weighted by molar-refractivity contribution is 5.81. The number of carbonyl (C=O) groups excluding carboxylic acids is 1. The predicted octanol–water partition coefficient (Wildman–Crippen LogP) is 1.52. The molecule has 1 saturated carbocycles. The van der Waals surface area contributed by atoms with Crippen molar-refractivity contribution in [3.63, 3.8) is 0 Å². The van der Waals surface area contributed by atoms with E-state index in [4.69, 9.17) is 5.73 Å². The molecule has 1 amide bonds. The smallest absolute Gasteiger partial charge is 0.225 e. The fourth-order valence-electron chi connectivity index (χ4n) is 2.94. The molecule has 4 nitrogen and oxygen atoms in total. The van der Waals surface area contributed by atoms with Gasteiger partial charge in [-0.3, -0.25) is 4.79 Å². The van der Waals surface area contributed by atoms with Crippen LogP contribution in [0.15, 0.2) is 24.3 Å². The number of anilines is 1. The Bertz CT molecular complexity index is 479. The minimum absolute atomic E-state index is 0.0659. The fraction of sp³-hybridized carbons (Fsp3) is 0.533. The van der Waals surface area contributed by atoms with Crippen molar-refractivity contribution < 1.29 is 4.79 Å². The number of hydrogen-bond acceptors (Lipinski definition) is 3. The largest absolute Gasteiger partial charge is 0.378 e. The molecule has 1 aliphatic carbocycles. The first-order valence-electron chi connectivity index (χ1n) is 6.92. The Morgan fingerprint density at radius 2 is 1.84 bits per heavy atom. The summed E-state index contributed by atoms with van der Waals surface area (Å²) >= 11 is 0. The van der Waals surface area contributed by atoms with Gasteiger partial charge < -0.3 is 15.5 Å². The van der Waals surface area contributed by atoms with Crippen molar-refractivity contribution in [2.24, 2.45) is 5.73 Å². The molecule has 2 fully saturated rings. The minimum Gasteiger partial charge on any atom is -0.378 e. The van der Waals surface area contributed by atoms with Gasteiger partial charge in [0, 0.05) is 38.3 Å². The highest BCUT2D eigenvalue weighted by atomic mass is 16.2. The van der Waals surface area contributed by atoms with E-state index in [0.29, 0.717) is 12.5 Å². The Kier molecular flexibility index (Phi) is 2.97. The van der Waals surface area contributed by atoms with E-state index >= 15 is 0 Å². The molecule has 2 N–H and O–H groups in total. The average Bonchev–Trinajstić information content (AvgIpc) is 3.15. The van der Waals surface area contributed by atoms with Crippen LogP contribution in [0, 0.1) is 0 Å². The van der Waals surface area contributed by atoms with Crippen molar-refractivity contribution in [1.82, 2.24) is 4.90 Å². The van der Waals surface area contributed by atoms with Crippen molar-refractivity contribution in [2.75, 3.05) is 19.0 Å². The van der Waals surface area contributed by atoms with Crippen molar-refractivity contribution in [3.05, 3.63) is 29.8 Å². The van der Waals surface area contributed by atoms with Crippen LogP contribution >= 0.6 is 0 Å². The lowest BCUT2D eigenvalue weighted by atomic mass is 10.0. The van der Waals surface area contributed by atoms with Gasteiger partial charge in [0.1, 0.15) is 0 Å². The first-order valence-corrected chi connectivity index (χ1v) is 6.92. The maximum Gasteiger partial charge on any atom is 0.225 e. The van der Waals surface area contributed by atoms with Crippen LogP contribution < -0.4 is 10.6 Å². The van der Waals surface area contributed by atoms with Gasteiger partial charge in [0.15, 0.2) is 0 Å². The molecule has 1 aromatic rings. The zero-order chi connectivity index (χ0) is 13.6. The van der Waals surface area contributed by atoms with Crippen molar-refractivity contribution >= 4 is 11.6 Å². The van der Waals surface area contributed by atoms with Crippen LogP contribution in [0.25, 0.3) is 0 Å². The number of hydrogen-bond donors (Lipinski definition) is 1. The third kappa shape index (κ3) is 2.21. The Morgan fingerprint density at radius 1 is 1.21 bits per heavy atom. The number of nitrogens with zero attached hydrogens (tertiary/aromatic N) is 2. The van der Waals surface area contributed by atoms with E-state index in [-0.39, 0.29) is 18.0 Å². The summed E-state index contributed by atoms with van der Waals surface area (Å²) < 4.78 is 0. The molecule has 4 heteroatoms. The SMILES string of the molecule is CN(C)c1ccc(C2C(N)CC(=O)N2C2CC2)cc1. The maximum atomic E-state index is 12.1. The molecule has 1 aromatic carbocycles. The van der Waals surface area contributed by atoms with E-state index in [0.717, 1.165) is 18.4 Å².